The van der Waals surface area contributed by atoms with Gasteiger partial charge in [0.25, 0.3) is 0 Å². The van der Waals surface area contributed by atoms with Crippen LogP contribution in [-0.4, -0.2) is 11.7 Å². The van der Waals surface area contributed by atoms with Gasteiger partial charge < -0.3 is 10.4 Å². The van der Waals surface area contributed by atoms with E-state index in [0.29, 0.717) is 5.75 Å². The van der Waals surface area contributed by atoms with Crippen molar-refractivity contribution in [1.29, 1.82) is 0 Å². The molecule has 0 aliphatic carbocycles. The molecule has 0 heterocycles. The first-order valence-corrected chi connectivity index (χ1v) is 6.83. The number of nitrogens with one attached hydrogen (secondary N) is 1. The zero-order chi connectivity index (χ0) is 13.8. The minimum atomic E-state index is 0.328. The van der Waals surface area contributed by atoms with Crippen LogP contribution < -0.4 is 5.32 Å². The SMILES string of the molecule is Oc1cccc2c(NCCc3ccccc3)cccc12. The fourth-order valence-corrected chi connectivity index (χ4v) is 2.43. The minimum Gasteiger partial charge on any atom is -0.507 e. The van der Waals surface area contributed by atoms with Crippen LogP contribution in [0.4, 0.5) is 5.69 Å². The molecule has 0 unspecified atom stereocenters. The second-order valence-electron chi connectivity index (χ2n) is 4.84. The molecule has 2 nitrogen and oxygen atoms in total. The van der Waals surface area contributed by atoms with Gasteiger partial charge >= 0.3 is 0 Å². The third-order valence-corrected chi connectivity index (χ3v) is 3.47. The summed E-state index contributed by atoms with van der Waals surface area (Å²) >= 11 is 0. The van der Waals surface area contributed by atoms with Crippen LogP contribution in [0.1, 0.15) is 5.56 Å². The van der Waals surface area contributed by atoms with Crippen molar-refractivity contribution in [2.45, 2.75) is 6.42 Å². The molecule has 2 heteroatoms. The minimum absolute atomic E-state index is 0.328. The summed E-state index contributed by atoms with van der Waals surface area (Å²) < 4.78 is 0. The second kappa shape index (κ2) is 5.66. The molecule has 3 aromatic rings. The van der Waals surface area contributed by atoms with Crippen LogP contribution in [0.3, 0.4) is 0 Å². The lowest BCUT2D eigenvalue weighted by Gasteiger charge is -2.10. The molecular weight excluding hydrogens is 246 g/mol. The van der Waals surface area contributed by atoms with Gasteiger partial charge in [0.1, 0.15) is 5.75 Å². The highest BCUT2D eigenvalue weighted by molar-refractivity contribution is 5.97. The number of benzene rings is 3. The highest BCUT2D eigenvalue weighted by Gasteiger charge is 2.03. The first-order chi connectivity index (χ1) is 9.84. The molecule has 0 bridgehead atoms. The van der Waals surface area contributed by atoms with E-state index >= 15 is 0 Å². The maximum Gasteiger partial charge on any atom is 0.123 e. The van der Waals surface area contributed by atoms with Crippen molar-refractivity contribution < 1.29 is 5.11 Å². The molecule has 0 atom stereocenters. The number of aromatic hydroxyl groups is 1. The number of phenolic OH excluding ortho intramolecular Hbond substituents is 1. The number of fused-ring (bicyclic) bond motifs is 1. The summed E-state index contributed by atoms with van der Waals surface area (Å²) in [6, 6.07) is 22.0. The molecule has 0 spiro atoms. The van der Waals surface area contributed by atoms with Crippen molar-refractivity contribution >= 4 is 16.5 Å². The summed E-state index contributed by atoms with van der Waals surface area (Å²) in [7, 11) is 0. The van der Waals surface area contributed by atoms with E-state index < -0.39 is 0 Å². The van der Waals surface area contributed by atoms with E-state index in [4.69, 9.17) is 0 Å². The molecule has 0 fully saturated rings. The predicted octanol–water partition coefficient (Wildman–Crippen LogP) is 4.20. The van der Waals surface area contributed by atoms with Crippen LogP contribution in [0.2, 0.25) is 0 Å². The van der Waals surface area contributed by atoms with E-state index in [-0.39, 0.29) is 0 Å². The van der Waals surface area contributed by atoms with E-state index in [1.165, 1.54) is 5.56 Å². The number of rotatable bonds is 4. The summed E-state index contributed by atoms with van der Waals surface area (Å²) in [5.74, 6) is 0.328. The lowest BCUT2D eigenvalue weighted by molar-refractivity contribution is 0.481. The highest BCUT2D eigenvalue weighted by Crippen LogP contribution is 2.29. The Bertz CT molecular complexity index is 707. The molecule has 2 N–H and O–H groups in total. The molecule has 0 radical (unpaired) electrons. The summed E-state index contributed by atoms with van der Waals surface area (Å²) in [5.41, 5.74) is 2.39. The smallest absolute Gasteiger partial charge is 0.123 e. The molecule has 0 saturated heterocycles. The van der Waals surface area contributed by atoms with E-state index in [1.54, 1.807) is 6.07 Å². The Morgan fingerprint density at radius 1 is 0.750 bits per heavy atom. The average Bonchev–Trinajstić information content (AvgIpc) is 2.49. The van der Waals surface area contributed by atoms with Gasteiger partial charge in [0.15, 0.2) is 0 Å². The van der Waals surface area contributed by atoms with Gasteiger partial charge in [-0.2, -0.15) is 0 Å². The molecule has 0 aromatic heterocycles. The number of anilines is 1. The summed E-state index contributed by atoms with van der Waals surface area (Å²) in [6.07, 6.45) is 0.982. The molecular formula is C18H17NO. The van der Waals surface area contributed by atoms with Crippen molar-refractivity contribution in [3.05, 3.63) is 72.3 Å². The van der Waals surface area contributed by atoms with Gasteiger partial charge in [0, 0.05) is 23.0 Å². The predicted molar refractivity (Wildman–Crippen MR) is 84.2 cm³/mol. The molecule has 3 aromatic carbocycles. The summed E-state index contributed by atoms with van der Waals surface area (Å²) in [4.78, 5) is 0. The molecule has 100 valence electrons. The van der Waals surface area contributed by atoms with Crippen molar-refractivity contribution in [3.63, 3.8) is 0 Å². The van der Waals surface area contributed by atoms with Gasteiger partial charge in [-0.1, -0.05) is 54.6 Å². The number of hydrogen-bond donors (Lipinski definition) is 2. The quantitative estimate of drug-likeness (QED) is 0.739. The lowest BCUT2D eigenvalue weighted by atomic mass is 10.1. The molecule has 0 aliphatic heterocycles. The second-order valence-corrected chi connectivity index (χ2v) is 4.84. The van der Waals surface area contributed by atoms with Crippen molar-refractivity contribution in [3.8, 4) is 5.75 Å². The van der Waals surface area contributed by atoms with Gasteiger partial charge in [0.05, 0.1) is 0 Å². The van der Waals surface area contributed by atoms with E-state index in [2.05, 4.69) is 29.6 Å². The first-order valence-electron chi connectivity index (χ1n) is 6.83. The van der Waals surface area contributed by atoms with Crippen LogP contribution in [0.15, 0.2) is 66.7 Å². The van der Waals surface area contributed by atoms with E-state index in [9.17, 15) is 5.11 Å². The fraction of sp³-hybridized carbons (Fsp3) is 0.111. The average molecular weight is 263 g/mol. The summed E-state index contributed by atoms with van der Waals surface area (Å²) in [6.45, 7) is 0.874. The standard InChI is InChI=1S/C18H17NO/c20-18-11-5-8-15-16(18)9-4-10-17(15)19-13-12-14-6-2-1-3-7-14/h1-11,19-20H,12-13H2. The monoisotopic (exact) mass is 263 g/mol. The Kier molecular flexibility index (Phi) is 3.55. The fourth-order valence-electron chi connectivity index (χ4n) is 2.43. The van der Waals surface area contributed by atoms with Crippen molar-refractivity contribution in [2.24, 2.45) is 0 Å². The Balaban J connectivity index is 1.76. The first kappa shape index (κ1) is 12.5. The lowest BCUT2D eigenvalue weighted by Crippen LogP contribution is -2.05. The molecule has 0 aliphatic rings. The van der Waals surface area contributed by atoms with Gasteiger partial charge in [-0.15, -0.1) is 0 Å². The van der Waals surface area contributed by atoms with Crippen LogP contribution in [0.5, 0.6) is 5.75 Å². The summed E-state index contributed by atoms with van der Waals surface area (Å²) in [5, 5.41) is 15.3. The largest absolute Gasteiger partial charge is 0.507 e. The van der Waals surface area contributed by atoms with Gasteiger partial charge in [-0.25, -0.2) is 0 Å². The number of hydrogen-bond acceptors (Lipinski definition) is 2. The van der Waals surface area contributed by atoms with Gasteiger partial charge in [0.2, 0.25) is 0 Å². The third kappa shape index (κ3) is 2.59. The maximum atomic E-state index is 9.87. The van der Waals surface area contributed by atoms with Crippen LogP contribution in [0.25, 0.3) is 10.8 Å². The number of phenols is 1. The third-order valence-electron chi connectivity index (χ3n) is 3.47. The Morgan fingerprint density at radius 2 is 1.50 bits per heavy atom. The Hall–Kier alpha value is -2.48. The zero-order valence-corrected chi connectivity index (χ0v) is 11.2. The van der Waals surface area contributed by atoms with Crippen molar-refractivity contribution in [1.82, 2.24) is 0 Å². The van der Waals surface area contributed by atoms with Gasteiger partial charge in [-0.3, -0.25) is 0 Å². The van der Waals surface area contributed by atoms with Crippen molar-refractivity contribution in [2.75, 3.05) is 11.9 Å². The molecule has 20 heavy (non-hydrogen) atoms. The maximum absolute atomic E-state index is 9.87. The van der Waals surface area contributed by atoms with Crippen LogP contribution in [0, 0.1) is 0 Å². The van der Waals surface area contributed by atoms with E-state index in [0.717, 1.165) is 29.4 Å². The topological polar surface area (TPSA) is 32.3 Å². The van der Waals surface area contributed by atoms with E-state index in [1.807, 2.05) is 36.4 Å². The molecule has 3 rings (SSSR count). The highest BCUT2D eigenvalue weighted by atomic mass is 16.3. The van der Waals surface area contributed by atoms with Gasteiger partial charge in [-0.05, 0) is 24.1 Å². The Labute approximate surface area is 118 Å². The van der Waals surface area contributed by atoms with Crippen LogP contribution in [-0.2, 0) is 6.42 Å². The zero-order valence-electron chi connectivity index (χ0n) is 11.2. The normalized spacial score (nSPS) is 10.6. The molecule has 0 amide bonds. The molecule has 0 saturated carbocycles. The van der Waals surface area contributed by atoms with Crippen LogP contribution >= 0.6 is 0 Å². The Morgan fingerprint density at radius 3 is 2.35 bits per heavy atom.